The Labute approximate surface area is 157 Å². The summed E-state index contributed by atoms with van der Waals surface area (Å²) < 4.78 is 13.3. The van der Waals surface area contributed by atoms with Crippen LogP contribution in [0.5, 0.6) is 0 Å². The number of hydrogen-bond donors (Lipinski definition) is 3. The second-order valence-corrected chi connectivity index (χ2v) is 6.01. The summed E-state index contributed by atoms with van der Waals surface area (Å²) in [5.74, 6) is 0.608. The SMILES string of the molecule is CCNC(=NCC(O)c1cc2ccccc2s1)NCCCF.I. The molecule has 23 heavy (non-hydrogen) atoms. The number of aliphatic hydroxyl groups is 1. The molecule has 0 saturated heterocycles. The Bertz CT molecular complexity index is 587. The summed E-state index contributed by atoms with van der Waals surface area (Å²) in [7, 11) is 0. The van der Waals surface area contributed by atoms with E-state index in [1.54, 1.807) is 11.3 Å². The molecule has 3 N–H and O–H groups in total. The average molecular weight is 451 g/mol. The van der Waals surface area contributed by atoms with Crippen LogP contribution >= 0.6 is 35.3 Å². The summed E-state index contributed by atoms with van der Waals surface area (Å²) in [6.45, 7) is 3.14. The number of fused-ring (bicyclic) bond motifs is 1. The number of rotatable bonds is 7. The van der Waals surface area contributed by atoms with E-state index in [1.165, 1.54) is 0 Å². The lowest BCUT2D eigenvalue weighted by atomic mass is 10.2. The predicted octanol–water partition coefficient (Wildman–Crippen LogP) is 3.47. The number of aliphatic hydroxyl groups excluding tert-OH is 1. The van der Waals surface area contributed by atoms with Crippen LogP contribution in [0.2, 0.25) is 0 Å². The maximum Gasteiger partial charge on any atom is 0.191 e. The van der Waals surface area contributed by atoms with Crippen molar-refractivity contribution in [3.8, 4) is 0 Å². The van der Waals surface area contributed by atoms with Crippen LogP contribution in [0.4, 0.5) is 4.39 Å². The van der Waals surface area contributed by atoms with E-state index < -0.39 is 6.10 Å². The standard InChI is InChI=1S/C16H22FN3OS.HI/c1-2-18-16(19-9-5-8-17)20-11-13(21)15-10-12-6-3-4-7-14(12)22-15;/h3-4,6-7,10,13,21H,2,5,8-9,11H2,1H3,(H2,18,19,20);1H. The van der Waals surface area contributed by atoms with Crippen molar-refractivity contribution in [3.05, 3.63) is 35.2 Å². The Kier molecular flexibility index (Phi) is 9.42. The van der Waals surface area contributed by atoms with E-state index in [9.17, 15) is 9.50 Å². The second-order valence-electron chi connectivity index (χ2n) is 4.89. The van der Waals surface area contributed by atoms with Crippen LogP contribution in [0.1, 0.15) is 24.3 Å². The molecule has 0 fully saturated rings. The van der Waals surface area contributed by atoms with E-state index in [0.717, 1.165) is 21.5 Å². The summed E-state index contributed by atoms with van der Waals surface area (Å²) in [5.41, 5.74) is 0. The first-order valence-electron chi connectivity index (χ1n) is 7.49. The number of benzene rings is 1. The molecular weight excluding hydrogens is 428 g/mol. The van der Waals surface area contributed by atoms with E-state index in [4.69, 9.17) is 0 Å². The van der Waals surface area contributed by atoms with Gasteiger partial charge in [-0.15, -0.1) is 35.3 Å². The van der Waals surface area contributed by atoms with Gasteiger partial charge in [0.05, 0.1) is 13.2 Å². The molecule has 0 bridgehead atoms. The second kappa shape index (κ2) is 10.8. The summed E-state index contributed by atoms with van der Waals surface area (Å²) in [6.07, 6.45) is -0.183. The topological polar surface area (TPSA) is 56.7 Å². The third-order valence-electron chi connectivity index (χ3n) is 3.14. The van der Waals surface area contributed by atoms with Gasteiger partial charge in [-0.2, -0.15) is 0 Å². The quantitative estimate of drug-likeness (QED) is 0.262. The Balaban J connectivity index is 0.00000264. The fraction of sp³-hybridized carbons (Fsp3) is 0.438. The van der Waals surface area contributed by atoms with Crippen molar-refractivity contribution in [2.75, 3.05) is 26.3 Å². The van der Waals surface area contributed by atoms with Crippen LogP contribution in [0.25, 0.3) is 10.1 Å². The largest absolute Gasteiger partial charge is 0.386 e. The molecule has 2 aromatic rings. The highest BCUT2D eigenvalue weighted by molar-refractivity contribution is 14.0. The molecule has 0 aliphatic heterocycles. The van der Waals surface area contributed by atoms with Gasteiger partial charge in [-0.3, -0.25) is 9.38 Å². The van der Waals surface area contributed by atoms with Crippen molar-refractivity contribution in [1.82, 2.24) is 10.6 Å². The number of hydrogen-bond acceptors (Lipinski definition) is 3. The minimum Gasteiger partial charge on any atom is -0.386 e. The van der Waals surface area contributed by atoms with Crippen molar-refractivity contribution in [2.24, 2.45) is 4.99 Å². The van der Waals surface area contributed by atoms with Gasteiger partial charge in [-0.25, -0.2) is 0 Å². The number of halogens is 2. The Hall–Kier alpha value is -0.930. The van der Waals surface area contributed by atoms with Gasteiger partial charge in [0.25, 0.3) is 0 Å². The van der Waals surface area contributed by atoms with Crippen molar-refractivity contribution in [3.63, 3.8) is 0 Å². The van der Waals surface area contributed by atoms with E-state index in [1.807, 2.05) is 37.3 Å². The first-order chi connectivity index (χ1) is 10.7. The van der Waals surface area contributed by atoms with Gasteiger partial charge >= 0.3 is 0 Å². The number of nitrogens with zero attached hydrogens (tertiary/aromatic N) is 1. The van der Waals surface area contributed by atoms with Gasteiger partial charge in [-0.1, -0.05) is 18.2 Å². The molecule has 1 aromatic heterocycles. The van der Waals surface area contributed by atoms with Crippen LogP contribution in [-0.4, -0.2) is 37.4 Å². The molecule has 2 rings (SSSR count). The average Bonchev–Trinajstić information content (AvgIpc) is 2.96. The van der Waals surface area contributed by atoms with Crippen molar-refractivity contribution >= 4 is 51.4 Å². The molecule has 1 unspecified atom stereocenters. The molecule has 1 heterocycles. The molecule has 1 aromatic carbocycles. The van der Waals surface area contributed by atoms with E-state index in [0.29, 0.717) is 18.9 Å². The predicted molar refractivity (Wildman–Crippen MR) is 107 cm³/mol. The number of thiophene rings is 1. The number of alkyl halides is 1. The summed E-state index contributed by atoms with van der Waals surface area (Å²) in [6, 6.07) is 10.1. The molecule has 0 aliphatic carbocycles. The van der Waals surface area contributed by atoms with Crippen LogP contribution in [-0.2, 0) is 0 Å². The summed E-state index contributed by atoms with van der Waals surface area (Å²) >= 11 is 1.58. The highest BCUT2D eigenvalue weighted by Crippen LogP contribution is 2.29. The number of guanidine groups is 1. The molecular formula is C16H23FIN3OS. The van der Waals surface area contributed by atoms with Gasteiger partial charge < -0.3 is 15.7 Å². The summed E-state index contributed by atoms with van der Waals surface area (Å²) in [5, 5.41) is 17.6. The van der Waals surface area contributed by atoms with Gasteiger partial charge in [0.15, 0.2) is 5.96 Å². The molecule has 0 spiro atoms. The zero-order chi connectivity index (χ0) is 15.8. The van der Waals surface area contributed by atoms with E-state index >= 15 is 0 Å². The van der Waals surface area contributed by atoms with Crippen molar-refractivity contribution < 1.29 is 9.50 Å². The maximum atomic E-state index is 12.1. The van der Waals surface area contributed by atoms with Crippen molar-refractivity contribution in [2.45, 2.75) is 19.4 Å². The molecule has 0 saturated carbocycles. The minimum atomic E-state index is -0.631. The molecule has 7 heteroatoms. The Morgan fingerprint density at radius 1 is 1.35 bits per heavy atom. The third kappa shape index (κ3) is 6.23. The van der Waals surface area contributed by atoms with Gasteiger partial charge in [-0.05, 0) is 30.9 Å². The first-order valence-corrected chi connectivity index (χ1v) is 8.31. The van der Waals surface area contributed by atoms with Gasteiger partial charge in [0, 0.05) is 22.7 Å². The summed E-state index contributed by atoms with van der Waals surface area (Å²) in [4.78, 5) is 5.27. The van der Waals surface area contributed by atoms with Gasteiger partial charge in [0.2, 0.25) is 0 Å². The van der Waals surface area contributed by atoms with Crippen LogP contribution in [0.3, 0.4) is 0 Å². The van der Waals surface area contributed by atoms with Crippen LogP contribution in [0.15, 0.2) is 35.3 Å². The highest BCUT2D eigenvalue weighted by atomic mass is 127. The Morgan fingerprint density at radius 3 is 2.83 bits per heavy atom. The monoisotopic (exact) mass is 451 g/mol. The molecule has 0 aliphatic rings. The molecule has 0 amide bonds. The number of aliphatic imine (C=N–C) groups is 1. The van der Waals surface area contributed by atoms with Gasteiger partial charge in [0.1, 0.15) is 6.10 Å². The lowest BCUT2D eigenvalue weighted by Gasteiger charge is -2.12. The fourth-order valence-corrected chi connectivity index (χ4v) is 3.09. The number of nitrogens with one attached hydrogen (secondary N) is 2. The zero-order valence-electron chi connectivity index (χ0n) is 13.1. The molecule has 128 valence electrons. The molecule has 1 atom stereocenters. The maximum absolute atomic E-state index is 12.1. The smallest absolute Gasteiger partial charge is 0.191 e. The minimum absolute atomic E-state index is 0. The van der Waals surface area contributed by atoms with Crippen molar-refractivity contribution in [1.29, 1.82) is 0 Å². The fourth-order valence-electron chi connectivity index (χ4n) is 2.05. The Morgan fingerprint density at radius 2 is 2.13 bits per heavy atom. The van der Waals surface area contributed by atoms with Crippen LogP contribution < -0.4 is 10.6 Å². The third-order valence-corrected chi connectivity index (χ3v) is 4.36. The first kappa shape index (κ1) is 20.1. The van der Waals surface area contributed by atoms with E-state index in [-0.39, 0.29) is 37.2 Å². The zero-order valence-corrected chi connectivity index (χ0v) is 16.2. The van der Waals surface area contributed by atoms with E-state index in [2.05, 4.69) is 15.6 Å². The lowest BCUT2D eigenvalue weighted by molar-refractivity contribution is 0.191. The lowest BCUT2D eigenvalue weighted by Crippen LogP contribution is -2.38. The normalized spacial score (nSPS) is 12.7. The highest BCUT2D eigenvalue weighted by Gasteiger charge is 2.11. The molecule has 0 radical (unpaired) electrons. The molecule has 4 nitrogen and oxygen atoms in total. The van der Waals surface area contributed by atoms with Crippen LogP contribution in [0, 0.1) is 0 Å².